The first-order chi connectivity index (χ1) is 11.7. The van der Waals surface area contributed by atoms with Gasteiger partial charge in [0.2, 0.25) is 5.91 Å². The molecule has 2 aliphatic rings. The zero-order chi connectivity index (χ0) is 16.9. The number of carbonyl (C=O) groups excluding carboxylic acids is 1. The highest BCUT2D eigenvalue weighted by Crippen LogP contribution is 2.37. The molecule has 3 unspecified atom stereocenters. The second kappa shape index (κ2) is 7.82. The van der Waals surface area contributed by atoms with Crippen LogP contribution < -0.4 is 0 Å². The van der Waals surface area contributed by atoms with Gasteiger partial charge in [0.25, 0.3) is 0 Å². The van der Waals surface area contributed by atoms with Crippen molar-refractivity contribution in [2.45, 2.75) is 57.4 Å². The van der Waals surface area contributed by atoms with Gasteiger partial charge in [0.05, 0.1) is 11.8 Å². The van der Waals surface area contributed by atoms with Crippen molar-refractivity contribution in [2.75, 3.05) is 6.54 Å². The van der Waals surface area contributed by atoms with Crippen LogP contribution in [0.4, 0.5) is 0 Å². The number of likely N-dealkylation sites (tertiary alicyclic amines) is 1. The Morgan fingerprint density at radius 3 is 2.46 bits per heavy atom. The number of carboxylic acid groups (broad SMARTS) is 1. The minimum atomic E-state index is -0.808. The van der Waals surface area contributed by atoms with E-state index in [1.807, 2.05) is 11.0 Å². The summed E-state index contributed by atoms with van der Waals surface area (Å²) >= 11 is 0. The van der Waals surface area contributed by atoms with E-state index in [4.69, 9.17) is 0 Å². The van der Waals surface area contributed by atoms with Gasteiger partial charge < -0.3 is 10.0 Å². The summed E-state index contributed by atoms with van der Waals surface area (Å²) in [5.74, 6) is -1.45. The normalized spacial score (nSPS) is 26.7. The Hall–Kier alpha value is -1.84. The van der Waals surface area contributed by atoms with Gasteiger partial charge in [-0.25, -0.2) is 0 Å². The molecule has 1 heterocycles. The van der Waals surface area contributed by atoms with Crippen LogP contribution in [-0.4, -0.2) is 34.5 Å². The molecule has 1 aliphatic carbocycles. The third-order valence-corrected chi connectivity index (χ3v) is 5.66. The second-order valence-corrected chi connectivity index (χ2v) is 7.19. The van der Waals surface area contributed by atoms with Gasteiger partial charge in [-0.05, 0) is 56.9 Å². The van der Waals surface area contributed by atoms with Gasteiger partial charge in [-0.15, -0.1) is 0 Å². The van der Waals surface area contributed by atoms with Crippen LogP contribution in [0.1, 0.15) is 50.5 Å². The molecule has 3 atom stereocenters. The lowest BCUT2D eigenvalue weighted by Crippen LogP contribution is -2.51. The molecule has 130 valence electrons. The summed E-state index contributed by atoms with van der Waals surface area (Å²) in [6.45, 7) is 0.803. The zero-order valence-electron chi connectivity index (χ0n) is 14.2. The molecule has 1 amide bonds. The van der Waals surface area contributed by atoms with Crippen LogP contribution in [0.2, 0.25) is 0 Å². The van der Waals surface area contributed by atoms with Gasteiger partial charge in [0, 0.05) is 12.6 Å². The lowest BCUT2D eigenvalue weighted by Gasteiger charge is -2.42. The van der Waals surface area contributed by atoms with E-state index in [1.54, 1.807) is 0 Å². The van der Waals surface area contributed by atoms with E-state index in [9.17, 15) is 14.7 Å². The predicted molar refractivity (Wildman–Crippen MR) is 92.6 cm³/mol. The smallest absolute Gasteiger partial charge is 0.307 e. The van der Waals surface area contributed by atoms with Crippen LogP contribution in [0.15, 0.2) is 30.3 Å². The average molecular weight is 329 g/mol. The first-order valence-corrected chi connectivity index (χ1v) is 9.24. The molecule has 1 saturated carbocycles. The van der Waals surface area contributed by atoms with Gasteiger partial charge in [-0.3, -0.25) is 9.59 Å². The topological polar surface area (TPSA) is 57.6 Å². The minimum Gasteiger partial charge on any atom is -0.481 e. The molecule has 4 nitrogen and oxygen atoms in total. The fourth-order valence-corrected chi connectivity index (χ4v) is 4.08. The maximum Gasteiger partial charge on any atom is 0.307 e. The summed E-state index contributed by atoms with van der Waals surface area (Å²) in [4.78, 5) is 26.0. The van der Waals surface area contributed by atoms with E-state index in [0.29, 0.717) is 12.5 Å². The van der Waals surface area contributed by atoms with Crippen molar-refractivity contribution in [3.8, 4) is 0 Å². The Morgan fingerprint density at radius 1 is 1.04 bits per heavy atom. The van der Waals surface area contributed by atoms with Crippen LogP contribution in [-0.2, 0) is 16.0 Å². The van der Waals surface area contributed by atoms with Crippen molar-refractivity contribution in [2.24, 2.45) is 11.8 Å². The number of piperidine rings is 1. The molecule has 4 heteroatoms. The van der Waals surface area contributed by atoms with Gasteiger partial charge in [-0.2, -0.15) is 0 Å². The molecule has 1 N–H and O–H groups in total. The number of amides is 1. The molecule has 1 saturated heterocycles. The summed E-state index contributed by atoms with van der Waals surface area (Å²) in [5, 5.41) is 9.21. The molecule has 24 heavy (non-hydrogen) atoms. The Labute approximate surface area is 143 Å². The second-order valence-electron chi connectivity index (χ2n) is 7.19. The van der Waals surface area contributed by atoms with Gasteiger partial charge in [-0.1, -0.05) is 30.3 Å². The van der Waals surface area contributed by atoms with Gasteiger partial charge >= 0.3 is 5.97 Å². The molecular formula is C20H27NO3. The van der Waals surface area contributed by atoms with E-state index in [0.717, 1.165) is 45.1 Å². The highest BCUT2D eigenvalue weighted by Gasteiger charge is 2.44. The van der Waals surface area contributed by atoms with Crippen LogP contribution in [0.5, 0.6) is 0 Å². The number of aliphatic carboxylic acids is 1. The Balaban J connectivity index is 1.55. The first-order valence-electron chi connectivity index (χ1n) is 9.24. The Morgan fingerprint density at radius 2 is 1.79 bits per heavy atom. The van der Waals surface area contributed by atoms with Crippen molar-refractivity contribution < 1.29 is 14.7 Å². The summed E-state index contributed by atoms with van der Waals surface area (Å²) in [6, 6.07) is 10.8. The summed E-state index contributed by atoms with van der Waals surface area (Å²) in [5.41, 5.74) is 1.34. The fraction of sp³-hybridized carbons (Fsp3) is 0.600. The van der Waals surface area contributed by atoms with Crippen molar-refractivity contribution in [1.82, 2.24) is 4.90 Å². The maximum absolute atomic E-state index is 12.8. The summed E-state index contributed by atoms with van der Waals surface area (Å²) in [7, 11) is 0. The SMILES string of the molecule is O=C(O)C1CCC1C(=O)N1CCCCC1CCCc1ccccc1. The van der Waals surface area contributed by atoms with Gasteiger partial charge in [0.1, 0.15) is 0 Å². The fourth-order valence-electron chi connectivity index (χ4n) is 4.08. The average Bonchev–Trinajstić information content (AvgIpc) is 2.54. The predicted octanol–water partition coefficient (Wildman–Crippen LogP) is 3.50. The molecule has 1 aliphatic heterocycles. The third kappa shape index (κ3) is 3.80. The van der Waals surface area contributed by atoms with E-state index in [2.05, 4.69) is 24.3 Å². The summed E-state index contributed by atoms with van der Waals surface area (Å²) in [6.07, 6.45) is 7.81. The van der Waals surface area contributed by atoms with E-state index < -0.39 is 11.9 Å². The molecule has 0 radical (unpaired) electrons. The summed E-state index contributed by atoms with van der Waals surface area (Å²) < 4.78 is 0. The Kier molecular flexibility index (Phi) is 5.54. The molecule has 0 bridgehead atoms. The molecule has 0 spiro atoms. The minimum absolute atomic E-state index is 0.0954. The molecular weight excluding hydrogens is 302 g/mol. The standard InChI is InChI=1S/C20H27NO3/c22-19(17-12-13-18(17)20(23)24)21-14-5-4-10-16(21)11-6-9-15-7-2-1-3-8-15/h1-3,7-8,16-18H,4-6,9-14H2,(H,23,24). The number of hydrogen-bond acceptors (Lipinski definition) is 2. The number of carboxylic acids is 1. The van der Waals surface area contributed by atoms with E-state index in [1.165, 1.54) is 12.0 Å². The number of hydrogen-bond donors (Lipinski definition) is 1. The van der Waals surface area contributed by atoms with E-state index in [-0.39, 0.29) is 11.8 Å². The molecule has 2 fully saturated rings. The number of aryl methyl sites for hydroxylation is 1. The van der Waals surface area contributed by atoms with Gasteiger partial charge in [0.15, 0.2) is 0 Å². The number of rotatable bonds is 6. The Bertz CT molecular complexity index is 572. The molecule has 1 aromatic carbocycles. The zero-order valence-corrected chi connectivity index (χ0v) is 14.2. The van der Waals surface area contributed by atoms with Crippen LogP contribution in [0.3, 0.4) is 0 Å². The van der Waals surface area contributed by atoms with Crippen LogP contribution >= 0.6 is 0 Å². The monoisotopic (exact) mass is 329 g/mol. The largest absolute Gasteiger partial charge is 0.481 e. The van der Waals surface area contributed by atoms with Crippen molar-refractivity contribution in [3.05, 3.63) is 35.9 Å². The lowest BCUT2D eigenvalue weighted by atomic mass is 9.72. The number of carbonyl (C=O) groups is 2. The lowest BCUT2D eigenvalue weighted by molar-refractivity contribution is -0.158. The van der Waals surface area contributed by atoms with Crippen LogP contribution in [0, 0.1) is 11.8 Å². The van der Waals surface area contributed by atoms with Crippen molar-refractivity contribution in [1.29, 1.82) is 0 Å². The van der Waals surface area contributed by atoms with Crippen molar-refractivity contribution in [3.63, 3.8) is 0 Å². The molecule has 0 aromatic heterocycles. The molecule has 3 rings (SSSR count). The number of benzene rings is 1. The third-order valence-electron chi connectivity index (χ3n) is 5.66. The number of nitrogens with zero attached hydrogens (tertiary/aromatic N) is 1. The van der Waals surface area contributed by atoms with Crippen LogP contribution in [0.25, 0.3) is 0 Å². The highest BCUT2D eigenvalue weighted by molar-refractivity contribution is 5.86. The van der Waals surface area contributed by atoms with Crippen molar-refractivity contribution >= 4 is 11.9 Å². The molecule has 1 aromatic rings. The quantitative estimate of drug-likeness (QED) is 0.869. The van der Waals surface area contributed by atoms with E-state index >= 15 is 0 Å². The maximum atomic E-state index is 12.8. The highest BCUT2D eigenvalue weighted by atomic mass is 16.4. The first kappa shape index (κ1) is 17.0.